The number of carboxylic acids is 1. The molecule has 0 radical (unpaired) electrons. The second-order valence-electron chi connectivity index (χ2n) is 3.14. The van der Waals surface area contributed by atoms with Crippen LogP contribution < -0.4 is 5.32 Å². The van der Waals surface area contributed by atoms with Crippen molar-refractivity contribution < 1.29 is 14.6 Å². The van der Waals surface area contributed by atoms with Crippen molar-refractivity contribution in [2.24, 2.45) is 0 Å². The van der Waals surface area contributed by atoms with E-state index in [0.29, 0.717) is 12.4 Å². The minimum atomic E-state index is -0.758. The Hall–Kier alpha value is -0.260. The second kappa shape index (κ2) is 2.90. The number of carboxylic acid groups (broad SMARTS) is 1. The van der Waals surface area contributed by atoms with Crippen molar-refractivity contribution in [1.29, 1.82) is 0 Å². The lowest BCUT2D eigenvalue weighted by atomic mass is 10.2. The van der Waals surface area contributed by atoms with Gasteiger partial charge in [0.1, 0.15) is 6.04 Å². The number of thioether (sulfide) groups is 1. The average molecular weight is 189 g/mol. The Labute approximate surface area is 74.7 Å². The first-order chi connectivity index (χ1) is 5.72. The number of hydrogen-bond acceptors (Lipinski definition) is 4. The van der Waals surface area contributed by atoms with Crippen LogP contribution in [0.15, 0.2) is 0 Å². The normalized spacial score (nSPS) is 40.8. The van der Waals surface area contributed by atoms with Crippen molar-refractivity contribution in [1.82, 2.24) is 5.32 Å². The van der Waals surface area contributed by atoms with Gasteiger partial charge in [-0.15, -0.1) is 11.8 Å². The third-order valence-corrected chi connectivity index (χ3v) is 3.74. The molecule has 4 nitrogen and oxygen atoms in total. The van der Waals surface area contributed by atoms with Crippen LogP contribution in [-0.2, 0) is 9.53 Å². The van der Waals surface area contributed by atoms with Gasteiger partial charge < -0.3 is 9.84 Å². The van der Waals surface area contributed by atoms with Crippen molar-refractivity contribution in [3.63, 3.8) is 0 Å². The molecule has 0 aromatic rings. The maximum Gasteiger partial charge on any atom is 0.321 e. The Morgan fingerprint density at radius 1 is 1.75 bits per heavy atom. The third kappa shape index (κ3) is 1.32. The highest BCUT2D eigenvalue weighted by molar-refractivity contribution is 8.01. The molecule has 2 heterocycles. The summed E-state index contributed by atoms with van der Waals surface area (Å²) in [5, 5.41) is 11.8. The molecule has 2 aliphatic rings. The largest absolute Gasteiger partial charge is 0.480 e. The molecule has 0 aromatic heterocycles. The molecule has 2 N–H and O–H groups in total. The van der Waals surface area contributed by atoms with Crippen LogP contribution >= 0.6 is 11.8 Å². The molecule has 0 amide bonds. The predicted octanol–water partition coefficient (Wildman–Crippen LogP) is -0.107. The predicted molar refractivity (Wildman–Crippen MR) is 45.2 cm³/mol. The van der Waals surface area contributed by atoms with E-state index < -0.39 is 12.0 Å². The minimum absolute atomic E-state index is 0.0942. The number of carbonyl (C=O) groups is 1. The molecule has 0 saturated carbocycles. The molecule has 12 heavy (non-hydrogen) atoms. The Morgan fingerprint density at radius 3 is 3.08 bits per heavy atom. The molecular formula is C7H11NO3S. The summed E-state index contributed by atoms with van der Waals surface area (Å²) in [4.78, 5) is 10.5. The number of ether oxygens (including phenoxy) is 1. The Balaban J connectivity index is 2.01. The topological polar surface area (TPSA) is 58.6 Å². The summed E-state index contributed by atoms with van der Waals surface area (Å²) in [5.41, 5.74) is 0. The molecule has 0 aliphatic carbocycles. The first-order valence-electron chi connectivity index (χ1n) is 3.94. The monoisotopic (exact) mass is 189 g/mol. The molecule has 0 bridgehead atoms. The molecule has 5 heteroatoms. The van der Waals surface area contributed by atoms with Crippen molar-refractivity contribution in [3.05, 3.63) is 0 Å². The smallest absolute Gasteiger partial charge is 0.321 e. The maximum absolute atomic E-state index is 10.6. The van der Waals surface area contributed by atoms with Crippen LogP contribution in [0.25, 0.3) is 0 Å². The van der Waals surface area contributed by atoms with Gasteiger partial charge in [-0.2, -0.15) is 0 Å². The molecular weight excluding hydrogens is 178 g/mol. The number of nitrogens with one attached hydrogen (secondary N) is 1. The number of rotatable bonds is 1. The Bertz CT molecular complexity index is 203. The molecule has 1 spiro atoms. The van der Waals surface area contributed by atoms with Crippen molar-refractivity contribution in [2.75, 3.05) is 19.0 Å². The van der Waals surface area contributed by atoms with Gasteiger partial charge in [0.25, 0.3) is 0 Å². The zero-order chi connectivity index (χ0) is 8.60. The van der Waals surface area contributed by atoms with Gasteiger partial charge >= 0.3 is 5.97 Å². The van der Waals surface area contributed by atoms with Crippen molar-refractivity contribution in [2.45, 2.75) is 17.3 Å². The second-order valence-corrected chi connectivity index (χ2v) is 4.55. The van der Waals surface area contributed by atoms with Gasteiger partial charge in [0, 0.05) is 18.8 Å². The van der Waals surface area contributed by atoms with E-state index in [9.17, 15) is 4.79 Å². The minimum Gasteiger partial charge on any atom is -0.480 e. The van der Waals surface area contributed by atoms with Gasteiger partial charge in [0.2, 0.25) is 0 Å². The van der Waals surface area contributed by atoms with Crippen molar-refractivity contribution >= 4 is 17.7 Å². The van der Waals surface area contributed by atoms with Gasteiger partial charge in [0.15, 0.2) is 0 Å². The summed E-state index contributed by atoms with van der Waals surface area (Å²) in [6, 6.07) is -0.392. The Kier molecular flexibility index (Phi) is 2.02. The molecule has 2 fully saturated rings. The highest BCUT2D eigenvalue weighted by atomic mass is 32.2. The lowest BCUT2D eigenvalue weighted by Crippen LogP contribution is -2.45. The molecule has 68 valence electrons. The maximum atomic E-state index is 10.6. The summed E-state index contributed by atoms with van der Waals surface area (Å²) in [7, 11) is 0. The quantitative estimate of drug-likeness (QED) is 0.603. The zero-order valence-electron chi connectivity index (χ0n) is 6.58. The molecule has 2 atom stereocenters. The molecule has 2 rings (SSSR count). The third-order valence-electron chi connectivity index (χ3n) is 2.25. The molecule has 2 saturated heterocycles. The summed E-state index contributed by atoms with van der Waals surface area (Å²) >= 11 is 1.67. The first-order valence-corrected chi connectivity index (χ1v) is 4.93. The average Bonchev–Trinajstić information content (AvgIpc) is 2.62. The molecule has 2 aliphatic heterocycles. The highest BCUT2D eigenvalue weighted by Crippen LogP contribution is 2.36. The van der Waals surface area contributed by atoms with E-state index in [0.717, 1.165) is 13.0 Å². The van der Waals surface area contributed by atoms with E-state index in [2.05, 4.69) is 5.32 Å². The lowest BCUT2D eigenvalue weighted by Gasteiger charge is -2.20. The summed E-state index contributed by atoms with van der Waals surface area (Å²) in [6.45, 7) is 1.38. The van der Waals surface area contributed by atoms with E-state index in [1.54, 1.807) is 11.8 Å². The van der Waals surface area contributed by atoms with Crippen LogP contribution in [0, 0.1) is 0 Å². The van der Waals surface area contributed by atoms with Crippen molar-refractivity contribution in [3.8, 4) is 0 Å². The van der Waals surface area contributed by atoms with Gasteiger partial charge in [-0.3, -0.25) is 10.1 Å². The standard InChI is InChI=1S/C7H11NO3S/c9-6(10)5-3-12-7(8-5)1-2-11-4-7/h5,8H,1-4H2,(H,9,10)/t5-,7?/m0/s1. The van der Waals surface area contributed by atoms with Crippen LogP contribution in [0.5, 0.6) is 0 Å². The van der Waals surface area contributed by atoms with E-state index in [4.69, 9.17) is 9.84 Å². The highest BCUT2D eigenvalue weighted by Gasteiger charge is 2.44. The van der Waals surface area contributed by atoms with Gasteiger partial charge in [-0.25, -0.2) is 0 Å². The van der Waals surface area contributed by atoms with Gasteiger partial charge in [0.05, 0.1) is 11.5 Å². The fourth-order valence-electron chi connectivity index (χ4n) is 1.55. The van der Waals surface area contributed by atoms with Crippen LogP contribution in [-0.4, -0.2) is 41.0 Å². The van der Waals surface area contributed by atoms with E-state index in [-0.39, 0.29) is 4.87 Å². The fourth-order valence-corrected chi connectivity index (χ4v) is 2.88. The first kappa shape index (κ1) is 8.34. The van der Waals surface area contributed by atoms with Crippen LogP contribution in [0.2, 0.25) is 0 Å². The fraction of sp³-hybridized carbons (Fsp3) is 0.857. The van der Waals surface area contributed by atoms with Gasteiger partial charge in [-0.05, 0) is 0 Å². The molecule has 0 aromatic carbocycles. The summed E-state index contributed by atoms with van der Waals surface area (Å²) < 4.78 is 5.23. The number of aliphatic carboxylic acids is 1. The van der Waals surface area contributed by atoms with E-state index in [1.165, 1.54) is 0 Å². The SMILES string of the molecule is O=C(O)[C@@H]1CSC2(CCOC2)N1. The Morgan fingerprint density at radius 2 is 2.58 bits per heavy atom. The summed E-state index contributed by atoms with van der Waals surface area (Å²) in [6.07, 6.45) is 0.918. The zero-order valence-corrected chi connectivity index (χ0v) is 7.39. The van der Waals surface area contributed by atoms with E-state index >= 15 is 0 Å². The number of hydrogen-bond donors (Lipinski definition) is 2. The lowest BCUT2D eigenvalue weighted by molar-refractivity contribution is -0.138. The summed E-state index contributed by atoms with van der Waals surface area (Å²) in [5.74, 6) is -0.107. The van der Waals surface area contributed by atoms with Gasteiger partial charge in [-0.1, -0.05) is 0 Å². The molecule has 1 unspecified atom stereocenters. The van der Waals surface area contributed by atoms with Crippen LogP contribution in [0.3, 0.4) is 0 Å². The van der Waals surface area contributed by atoms with Crippen LogP contribution in [0.1, 0.15) is 6.42 Å². The van der Waals surface area contributed by atoms with Crippen LogP contribution in [0.4, 0.5) is 0 Å². The van der Waals surface area contributed by atoms with E-state index in [1.807, 2.05) is 0 Å².